The number of carbonyl (C=O) groups excluding carboxylic acids is 1. The zero-order valence-electron chi connectivity index (χ0n) is 10.8. The summed E-state index contributed by atoms with van der Waals surface area (Å²) in [6.45, 7) is 14.9. The molecule has 0 fully saturated rings. The fourth-order valence-corrected chi connectivity index (χ4v) is 1.90. The molecular weight excluding hydrogens is 224 g/mol. The van der Waals surface area contributed by atoms with Gasteiger partial charge >= 0.3 is 0 Å². The van der Waals surface area contributed by atoms with Crippen LogP contribution in [-0.2, 0) is 4.79 Å². The summed E-state index contributed by atoms with van der Waals surface area (Å²) in [6, 6.07) is 0. The second kappa shape index (κ2) is 8.59. The lowest BCUT2D eigenvalue weighted by Gasteiger charge is -2.35. The number of hydrogen-bond donors (Lipinski definition) is 1. The number of quaternary nitrogens is 1. The number of nitrogens with two attached hydrogens (primary N) is 1. The number of hydrogen-bond acceptors (Lipinski definition) is 1. The van der Waals surface area contributed by atoms with E-state index >= 15 is 0 Å². The van der Waals surface area contributed by atoms with Crippen molar-refractivity contribution in [2.75, 3.05) is 26.2 Å². The van der Waals surface area contributed by atoms with Crippen molar-refractivity contribution in [1.29, 1.82) is 0 Å². The Balaban J connectivity index is 0. The fraction of sp³-hybridized carbons (Fsp3) is 0.750. The van der Waals surface area contributed by atoms with Gasteiger partial charge in [0.1, 0.15) is 0 Å². The molecule has 0 aliphatic rings. The SMILES string of the molecule is C=C(CCC[N+](CC)(CC)CC)C(N)=O.[Cl-]. The van der Waals surface area contributed by atoms with E-state index in [0.29, 0.717) is 5.57 Å². The van der Waals surface area contributed by atoms with Gasteiger partial charge in [-0.2, -0.15) is 0 Å². The Bertz CT molecular complexity index is 217. The number of carbonyl (C=O) groups is 1. The van der Waals surface area contributed by atoms with Crippen LogP contribution in [0.3, 0.4) is 0 Å². The first-order chi connectivity index (χ1) is 7.01. The molecule has 0 unspecified atom stereocenters. The highest BCUT2D eigenvalue weighted by atomic mass is 35.5. The molecule has 0 bridgehead atoms. The molecule has 0 aromatic rings. The summed E-state index contributed by atoms with van der Waals surface area (Å²) in [4.78, 5) is 10.8. The van der Waals surface area contributed by atoms with Crippen LogP contribution in [0.25, 0.3) is 0 Å². The summed E-state index contributed by atoms with van der Waals surface area (Å²) >= 11 is 0. The molecule has 1 amide bonds. The van der Waals surface area contributed by atoms with Crippen molar-refractivity contribution in [3.8, 4) is 0 Å². The third kappa shape index (κ3) is 5.52. The van der Waals surface area contributed by atoms with E-state index in [1.54, 1.807) is 0 Å². The molecule has 96 valence electrons. The smallest absolute Gasteiger partial charge is 0.244 e. The Hall–Kier alpha value is -0.540. The Labute approximate surface area is 106 Å². The maximum absolute atomic E-state index is 10.8. The maximum Gasteiger partial charge on any atom is 0.244 e. The van der Waals surface area contributed by atoms with Crippen molar-refractivity contribution >= 4 is 5.91 Å². The quantitative estimate of drug-likeness (QED) is 0.421. The summed E-state index contributed by atoms with van der Waals surface area (Å²) in [6.07, 6.45) is 1.73. The molecule has 0 aromatic carbocycles. The highest BCUT2D eigenvalue weighted by Gasteiger charge is 2.19. The van der Waals surface area contributed by atoms with Crippen LogP contribution in [0.4, 0.5) is 0 Å². The van der Waals surface area contributed by atoms with Crippen LogP contribution in [0.15, 0.2) is 12.2 Å². The third-order valence-corrected chi connectivity index (χ3v) is 3.47. The minimum absolute atomic E-state index is 0. The molecule has 0 heterocycles. The highest BCUT2D eigenvalue weighted by Crippen LogP contribution is 2.10. The minimum atomic E-state index is -0.363. The molecule has 0 aliphatic carbocycles. The van der Waals surface area contributed by atoms with Gasteiger partial charge in [0, 0.05) is 12.0 Å². The zero-order chi connectivity index (χ0) is 11.9. The van der Waals surface area contributed by atoms with Crippen LogP contribution in [-0.4, -0.2) is 36.6 Å². The number of nitrogens with zero attached hydrogens (tertiary/aromatic N) is 1. The Morgan fingerprint density at radius 1 is 1.19 bits per heavy atom. The largest absolute Gasteiger partial charge is 1.00 e. The number of halogens is 1. The number of primary amides is 1. The third-order valence-electron chi connectivity index (χ3n) is 3.47. The van der Waals surface area contributed by atoms with Crippen LogP contribution in [0, 0.1) is 0 Å². The maximum atomic E-state index is 10.8. The molecule has 16 heavy (non-hydrogen) atoms. The average molecular weight is 249 g/mol. The van der Waals surface area contributed by atoms with E-state index in [2.05, 4.69) is 27.4 Å². The molecule has 2 N–H and O–H groups in total. The summed E-state index contributed by atoms with van der Waals surface area (Å²) < 4.78 is 1.12. The molecule has 0 radical (unpaired) electrons. The van der Waals surface area contributed by atoms with Crippen molar-refractivity contribution in [1.82, 2.24) is 0 Å². The average Bonchev–Trinajstić information content (AvgIpc) is 2.24. The topological polar surface area (TPSA) is 43.1 Å². The summed E-state index contributed by atoms with van der Waals surface area (Å²) in [5.74, 6) is -0.363. The van der Waals surface area contributed by atoms with Gasteiger partial charge in [-0.3, -0.25) is 4.79 Å². The number of amides is 1. The monoisotopic (exact) mass is 248 g/mol. The summed E-state index contributed by atoms with van der Waals surface area (Å²) in [5.41, 5.74) is 5.69. The Morgan fingerprint density at radius 3 is 1.94 bits per heavy atom. The van der Waals surface area contributed by atoms with Crippen molar-refractivity contribution in [3.05, 3.63) is 12.2 Å². The van der Waals surface area contributed by atoms with Crippen molar-refractivity contribution in [2.45, 2.75) is 33.6 Å². The van der Waals surface area contributed by atoms with Crippen molar-refractivity contribution in [2.24, 2.45) is 5.73 Å². The van der Waals surface area contributed by atoms with Gasteiger partial charge in [-0.1, -0.05) is 6.58 Å². The predicted molar refractivity (Wildman–Crippen MR) is 64.3 cm³/mol. The van der Waals surface area contributed by atoms with E-state index in [4.69, 9.17) is 5.73 Å². The molecular formula is C12H25ClN2O. The van der Waals surface area contributed by atoms with E-state index < -0.39 is 0 Å². The van der Waals surface area contributed by atoms with Crippen LogP contribution in [0.1, 0.15) is 33.6 Å². The minimum Gasteiger partial charge on any atom is -1.00 e. The molecule has 0 saturated carbocycles. The molecule has 3 nitrogen and oxygen atoms in total. The van der Waals surface area contributed by atoms with Gasteiger partial charge in [-0.25, -0.2) is 0 Å². The Morgan fingerprint density at radius 2 is 1.62 bits per heavy atom. The van der Waals surface area contributed by atoms with E-state index in [9.17, 15) is 4.79 Å². The molecule has 0 spiro atoms. The standard InChI is InChI=1S/C12H24N2O.ClH/c1-5-14(6-2,7-3)10-8-9-11(4)12(13)15;/h4-10H2,1-3H3,(H-,13,15);1H. The van der Waals surface area contributed by atoms with Crippen LogP contribution >= 0.6 is 0 Å². The van der Waals surface area contributed by atoms with Gasteiger partial charge in [0.05, 0.1) is 26.2 Å². The lowest BCUT2D eigenvalue weighted by molar-refractivity contribution is -0.923. The molecule has 4 heteroatoms. The van der Waals surface area contributed by atoms with Gasteiger partial charge in [-0.15, -0.1) is 0 Å². The molecule has 0 aliphatic heterocycles. The van der Waals surface area contributed by atoms with E-state index in [1.807, 2.05) is 0 Å². The van der Waals surface area contributed by atoms with Crippen LogP contribution < -0.4 is 18.1 Å². The van der Waals surface area contributed by atoms with Crippen LogP contribution in [0.5, 0.6) is 0 Å². The number of rotatable bonds is 8. The highest BCUT2D eigenvalue weighted by molar-refractivity contribution is 5.91. The van der Waals surface area contributed by atoms with E-state index in [-0.39, 0.29) is 18.3 Å². The second-order valence-corrected chi connectivity index (χ2v) is 4.09. The zero-order valence-corrected chi connectivity index (χ0v) is 11.5. The predicted octanol–water partition coefficient (Wildman–Crippen LogP) is -1.31. The van der Waals surface area contributed by atoms with Gasteiger partial charge in [0.15, 0.2) is 0 Å². The van der Waals surface area contributed by atoms with Gasteiger partial charge < -0.3 is 22.6 Å². The van der Waals surface area contributed by atoms with Crippen molar-refractivity contribution in [3.63, 3.8) is 0 Å². The lowest BCUT2D eigenvalue weighted by Crippen LogP contribution is -3.00. The molecule has 0 saturated heterocycles. The van der Waals surface area contributed by atoms with E-state index in [1.165, 1.54) is 0 Å². The first kappa shape index (κ1) is 17.8. The molecule has 0 atom stereocenters. The van der Waals surface area contributed by atoms with Gasteiger partial charge in [0.2, 0.25) is 5.91 Å². The normalized spacial score (nSPS) is 10.7. The van der Waals surface area contributed by atoms with Crippen molar-refractivity contribution < 1.29 is 21.7 Å². The van der Waals surface area contributed by atoms with Crippen LogP contribution in [0.2, 0.25) is 0 Å². The second-order valence-electron chi connectivity index (χ2n) is 4.09. The summed E-state index contributed by atoms with van der Waals surface area (Å²) in [5, 5.41) is 0. The molecule has 0 rings (SSSR count). The lowest BCUT2D eigenvalue weighted by atomic mass is 10.1. The first-order valence-electron chi connectivity index (χ1n) is 5.84. The first-order valence-corrected chi connectivity index (χ1v) is 5.84. The fourth-order valence-electron chi connectivity index (χ4n) is 1.90. The molecule has 0 aromatic heterocycles. The Kier molecular flexibility index (Phi) is 9.58. The van der Waals surface area contributed by atoms with E-state index in [0.717, 1.165) is 43.5 Å². The van der Waals surface area contributed by atoms with Gasteiger partial charge in [0.25, 0.3) is 0 Å². The summed E-state index contributed by atoms with van der Waals surface area (Å²) in [7, 11) is 0. The van der Waals surface area contributed by atoms with Gasteiger partial charge in [-0.05, 0) is 27.2 Å².